The Morgan fingerprint density at radius 2 is 2.13 bits per heavy atom. The zero-order valence-electron chi connectivity index (χ0n) is 9.71. The monoisotopic (exact) mass is 205 g/mol. The molecule has 0 saturated carbocycles. The molecule has 15 heavy (non-hydrogen) atoms. The van der Waals surface area contributed by atoms with Crippen LogP contribution in [0.4, 0.5) is 5.69 Å². The third-order valence-electron chi connectivity index (χ3n) is 3.16. The molecule has 2 nitrogen and oxygen atoms in total. The van der Waals surface area contributed by atoms with Crippen LogP contribution in [-0.4, -0.2) is 12.6 Å². The number of nitrogens with one attached hydrogen (secondary N) is 1. The predicted molar refractivity (Wildman–Crippen MR) is 63.7 cm³/mol. The normalized spacial score (nSPS) is 23.4. The van der Waals surface area contributed by atoms with Gasteiger partial charge >= 0.3 is 0 Å². The van der Waals surface area contributed by atoms with Crippen molar-refractivity contribution in [3.63, 3.8) is 0 Å². The summed E-state index contributed by atoms with van der Waals surface area (Å²) in [7, 11) is 0. The second-order valence-corrected chi connectivity index (χ2v) is 4.13. The quantitative estimate of drug-likeness (QED) is 0.816. The average Bonchev–Trinajstić information content (AvgIpc) is 2.53. The fourth-order valence-electron chi connectivity index (χ4n) is 2.43. The van der Waals surface area contributed by atoms with Gasteiger partial charge < -0.3 is 10.1 Å². The summed E-state index contributed by atoms with van der Waals surface area (Å²) < 4.78 is 5.50. The molecule has 1 N–H and O–H groups in total. The summed E-state index contributed by atoms with van der Waals surface area (Å²) in [6.45, 7) is 7.23. The molecular weight excluding hydrogens is 186 g/mol. The summed E-state index contributed by atoms with van der Waals surface area (Å²) in [6, 6.07) is 6.93. The minimum Gasteiger partial charge on any atom is -0.494 e. The maximum absolute atomic E-state index is 5.50. The second-order valence-electron chi connectivity index (χ2n) is 4.13. The fraction of sp³-hybridized carbons (Fsp3) is 0.538. The van der Waals surface area contributed by atoms with E-state index in [0.29, 0.717) is 12.0 Å². The minimum absolute atomic E-state index is 0.543. The van der Waals surface area contributed by atoms with Crippen LogP contribution in [0.5, 0.6) is 5.75 Å². The van der Waals surface area contributed by atoms with Crippen LogP contribution in [0, 0.1) is 0 Å². The molecule has 0 fully saturated rings. The highest BCUT2D eigenvalue weighted by Gasteiger charge is 2.27. The van der Waals surface area contributed by atoms with Crippen molar-refractivity contribution in [3.05, 3.63) is 23.8 Å². The summed E-state index contributed by atoms with van der Waals surface area (Å²) in [5.74, 6) is 1.61. The molecule has 1 aromatic rings. The zero-order chi connectivity index (χ0) is 10.8. The van der Waals surface area contributed by atoms with Crippen molar-refractivity contribution in [2.45, 2.75) is 39.2 Å². The largest absolute Gasteiger partial charge is 0.494 e. The number of fused-ring (bicyclic) bond motifs is 1. The van der Waals surface area contributed by atoms with E-state index >= 15 is 0 Å². The molecule has 0 spiro atoms. The summed E-state index contributed by atoms with van der Waals surface area (Å²) in [6.07, 6.45) is 1.19. The van der Waals surface area contributed by atoms with Gasteiger partial charge in [-0.15, -0.1) is 0 Å². The van der Waals surface area contributed by atoms with E-state index in [2.05, 4.69) is 37.4 Å². The maximum Gasteiger partial charge on any atom is 0.121 e. The Kier molecular flexibility index (Phi) is 2.85. The number of hydrogen-bond acceptors (Lipinski definition) is 2. The number of benzene rings is 1. The van der Waals surface area contributed by atoms with Gasteiger partial charge in [0.05, 0.1) is 6.61 Å². The van der Waals surface area contributed by atoms with Gasteiger partial charge in [-0.1, -0.05) is 13.0 Å². The molecule has 2 unspecified atom stereocenters. The van der Waals surface area contributed by atoms with Gasteiger partial charge in [0, 0.05) is 23.7 Å². The Hall–Kier alpha value is -1.18. The molecule has 0 saturated heterocycles. The van der Waals surface area contributed by atoms with Crippen molar-refractivity contribution < 1.29 is 4.74 Å². The molecule has 0 bridgehead atoms. The third-order valence-corrected chi connectivity index (χ3v) is 3.16. The molecule has 1 aliphatic heterocycles. The highest BCUT2D eigenvalue weighted by molar-refractivity contribution is 5.61. The Labute approximate surface area is 91.6 Å². The second kappa shape index (κ2) is 4.13. The van der Waals surface area contributed by atoms with Crippen molar-refractivity contribution in [1.82, 2.24) is 0 Å². The van der Waals surface area contributed by atoms with Crippen LogP contribution >= 0.6 is 0 Å². The first-order valence-corrected chi connectivity index (χ1v) is 5.79. The molecule has 82 valence electrons. The van der Waals surface area contributed by atoms with Crippen LogP contribution < -0.4 is 10.1 Å². The highest BCUT2D eigenvalue weighted by atomic mass is 16.5. The first-order valence-electron chi connectivity index (χ1n) is 5.79. The van der Waals surface area contributed by atoms with Gasteiger partial charge in [0.15, 0.2) is 0 Å². The van der Waals surface area contributed by atoms with Crippen molar-refractivity contribution in [3.8, 4) is 5.75 Å². The van der Waals surface area contributed by atoms with E-state index in [9.17, 15) is 0 Å². The molecule has 1 heterocycles. The lowest BCUT2D eigenvalue weighted by atomic mass is 9.93. The molecule has 2 heteroatoms. The Balaban J connectivity index is 2.29. The van der Waals surface area contributed by atoms with Gasteiger partial charge in [-0.05, 0) is 31.9 Å². The van der Waals surface area contributed by atoms with E-state index in [4.69, 9.17) is 4.74 Å². The average molecular weight is 205 g/mol. The SMILES string of the molecule is CCOc1ccc2c(c1)NC(C)C2CC. The van der Waals surface area contributed by atoms with Gasteiger partial charge in [0.25, 0.3) is 0 Å². The molecular formula is C13H19NO. The third kappa shape index (κ3) is 1.81. The van der Waals surface area contributed by atoms with E-state index < -0.39 is 0 Å². The van der Waals surface area contributed by atoms with E-state index in [1.54, 1.807) is 0 Å². The topological polar surface area (TPSA) is 21.3 Å². The molecule has 0 radical (unpaired) electrons. The lowest BCUT2D eigenvalue weighted by molar-refractivity contribution is 0.340. The van der Waals surface area contributed by atoms with Gasteiger partial charge in [-0.3, -0.25) is 0 Å². The van der Waals surface area contributed by atoms with Gasteiger partial charge in [0.1, 0.15) is 5.75 Å². The van der Waals surface area contributed by atoms with Crippen molar-refractivity contribution >= 4 is 5.69 Å². The fourth-order valence-corrected chi connectivity index (χ4v) is 2.43. The molecule has 1 aromatic carbocycles. The number of hydrogen-bond donors (Lipinski definition) is 1. The van der Waals surface area contributed by atoms with Crippen LogP contribution in [0.3, 0.4) is 0 Å². The van der Waals surface area contributed by atoms with Crippen molar-refractivity contribution in [1.29, 1.82) is 0 Å². The molecule has 1 aliphatic rings. The first-order chi connectivity index (χ1) is 7.26. The minimum atomic E-state index is 0.543. The summed E-state index contributed by atoms with van der Waals surface area (Å²) >= 11 is 0. The van der Waals surface area contributed by atoms with E-state index in [0.717, 1.165) is 12.4 Å². The van der Waals surface area contributed by atoms with Gasteiger partial charge in [0.2, 0.25) is 0 Å². The van der Waals surface area contributed by atoms with Gasteiger partial charge in [-0.2, -0.15) is 0 Å². The maximum atomic E-state index is 5.50. The summed E-state index contributed by atoms with van der Waals surface area (Å²) in [5.41, 5.74) is 2.69. The van der Waals surface area contributed by atoms with Crippen LogP contribution in [-0.2, 0) is 0 Å². The van der Waals surface area contributed by atoms with E-state index in [1.165, 1.54) is 17.7 Å². The Morgan fingerprint density at radius 3 is 2.80 bits per heavy atom. The summed E-state index contributed by atoms with van der Waals surface area (Å²) in [4.78, 5) is 0. The standard InChI is InChI=1S/C13H19NO/c1-4-11-9(3)14-13-8-10(15-5-2)6-7-12(11)13/h6-9,11,14H,4-5H2,1-3H3. The van der Waals surface area contributed by atoms with Crippen LogP contribution in [0.15, 0.2) is 18.2 Å². The highest BCUT2D eigenvalue weighted by Crippen LogP contribution is 2.39. The summed E-state index contributed by atoms with van der Waals surface area (Å²) in [5, 5.41) is 3.52. The van der Waals surface area contributed by atoms with E-state index in [-0.39, 0.29) is 0 Å². The number of anilines is 1. The molecule has 2 atom stereocenters. The lowest BCUT2D eigenvalue weighted by Gasteiger charge is -2.12. The smallest absolute Gasteiger partial charge is 0.121 e. The molecule has 0 aliphatic carbocycles. The first kappa shape index (κ1) is 10.3. The van der Waals surface area contributed by atoms with Gasteiger partial charge in [-0.25, -0.2) is 0 Å². The number of ether oxygens (including phenoxy) is 1. The number of rotatable bonds is 3. The Morgan fingerprint density at radius 1 is 1.33 bits per heavy atom. The Bertz CT molecular complexity index is 348. The molecule has 0 aromatic heterocycles. The van der Waals surface area contributed by atoms with Crippen molar-refractivity contribution in [2.75, 3.05) is 11.9 Å². The van der Waals surface area contributed by atoms with Crippen LogP contribution in [0.25, 0.3) is 0 Å². The molecule has 2 rings (SSSR count). The molecule has 0 amide bonds. The lowest BCUT2D eigenvalue weighted by Crippen LogP contribution is -2.14. The van der Waals surface area contributed by atoms with Crippen LogP contribution in [0.2, 0.25) is 0 Å². The van der Waals surface area contributed by atoms with E-state index in [1.807, 2.05) is 6.92 Å². The predicted octanol–water partition coefficient (Wildman–Crippen LogP) is 3.39. The van der Waals surface area contributed by atoms with Crippen molar-refractivity contribution in [2.24, 2.45) is 0 Å². The van der Waals surface area contributed by atoms with Crippen LogP contribution in [0.1, 0.15) is 38.7 Å². The zero-order valence-corrected chi connectivity index (χ0v) is 9.71.